The molecule has 0 spiro atoms. The van der Waals surface area contributed by atoms with Crippen LogP contribution in [0.15, 0.2) is 177 Å². The molecule has 0 radical (unpaired) electrons. The first-order valence-corrected chi connectivity index (χ1v) is 55.2. The van der Waals surface area contributed by atoms with Gasteiger partial charge in [0.2, 0.25) is 0 Å². The zero-order chi connectivity index (χ0) is 109. The fraction of sp³-hybridized carbons (Fsp3) is 0.595. The fourth-order valence-corrected chi connectivity index (χ4v) is 17.8. The number of amides is 1. The first-order valence-electron chi connectivity index (χ1n) is 55.2. The van der Waals surface area contributed by atoms with E-state index in [0.29, 0.717) is 70.5 Å². The molecule has 4 atom stereocenters. The second kappa shape index (κ2) is 59.2. The molecular weight excluding hydrogens is 1840 g/mol. The number of cyclic esters (lactones) is 1. The number of nitrogens with zero attached hydrogens (tertiary/aromatic N) is 14. The van der Waals surface area contributed by atoms with E-state index in [-0.39, 0.29) is 85.1 Å². The van der Waals surface area contributed by atoms with Crippen LogP contribution >= 0.6 is 0 Å². The number of hydrogen-bond acceptors (Lipinski definition) is 21. The molecule has 22 nitrogen and oxygen atoms in total. The maximum absolute atomic E-state index is 12.3. The fourth-order valence-electron chi connectivity index (χ4n) is 17.8. The highest BCUT2D eigenvalue weighted by atomic mass is 16.6. The van der Waals surface area contributed by atoms with Gasteiger partial charge < -0.3 is 14.8 Å². The average Bonchev–Trinajstić information content (AvgIpc) is 1.87. The molecule has 6 aliphatic heterocycles. The molecule has 6 aliphatic rings. The van der Waals surface area contributed by atoms with Crippen molar-refractivity contribution in [1.29, 1.82) is 0 Å². The molecule has 810 valence electrons. The van der Waals surface area contributed by atoms with E-state index in [9.17, 15) is 24.0 Å². The molecule has 8 aromatic heterocycles. The smallest absolute Gasteiger partial charge is 0.410 e. The molecule has 15 rings (SSSR count). The maximum atomic E-state index is 12.3. The Kier molecular flexibility index (Phi) is 49.3. The summed E-state index contributed by atoms with van der Waals surface area (Å²) in [5.41, 5.74) is 20.4. The van der Waals surface area contributed by atoms with Gasteiger partial charge in [-0.25, -0.2) is 4.79 Å². The third kappa shape index (κ3) is 44.9. The molecule has 14 heterocycles. The van der Waals surface area contributed by atoms with Crippen LogP contribution in [0, 0.1) is 11.8 Å². The Balaban J connectivity index is 0.000000207. The first-order chi connectivity index (χ1) is 69.7. The van der Waals surface area contributed by atoms with Crippen molar-refractivity contribution in [3.63, 3.8) is 0 Å². The molecule has 6 saturated heterocycles. The van der Waals surface area contributed by atoms with Gasteiger partial charge in [0, 0.05) is 144 Å². The summed E-state index contributed by atoms with van der Waals surface area (Å²) in [7, 11) is 1.80. The van der Waals surface area contributed by atoms with Gasteiger partial charge in [0.1, 0.15) is 12.4 Å². The van der Waals surface area contributed by atoms with Crippen molar-refractivity contribution in [1.82, 2.24) is 74.6 Å². The molecule has 6 fully saturated rings. The predicted octanol–water partition coefficient (Wildman–Crippen LogP) is 24.5. The van der Waals surface area contributed by atoms with Crippen molar-refractivity contribution in [3.05, 3.63) is 273 Å². The minimum Gasteiger partial charge on any atom is -0.447 e. The van der Waals surface area contributed by atoms with Gasteiger partial charge in [-0.3, -0.25) is 88.4 Å². The quantitative estimate of drug-likeness (QED) is 0.0479. The zero-order valence-electron chi connectivity index (χ0n) is 96.7. The molecule has 0 saturated carbocycles. The van der Waals surface area contributed by atoms with E-state index >= 15 is 0 Å². The van der Waals surface area contributed by atoms with Gasteiger partial charge in [0.15, 0.2) is 17.3 Å². The summed E-state index contributed by atoms with van der Waals surface area (Å²) < 4.78 is 10.4. The molecule has 1 amide bonds. The minimum atomic E-state index is -0.225. The molecule has 9 aromatic rings. The lowest BCUT2D eigenvalue weighted by atomic mass is 9.87. The van der Waals surface area contributed by atoms with E-state index in [4.69, 9.17) is 9.47 Å². The number of carbonyl (C=O) groups excluding carboxylic acids is 5. The number of methoxy groups -OCH3 is 1. The summed E-state index contributed by atoms with van der Waals surface area (Å²) in [6.07, 6.45) is 33.3. The van der Waals surface area contributed by atoms with Gasteiger partial charge in [-0.05, 0) is 264 Å². The number of likely N-dealkylation sites (tertiary alicyclic amines) is 5. The molecule has 148 heavy (non-hydrogen) atoms. The van der Waals surface area contributed by atoms with Crippen LogP contribution in [0.25, 0.3) is 0 Å². The highest BCUT2D eigenvalue weighted by Gasteiger charge is 2.33. The van der Waals surface area contributed by atoms with Gasteiger partial charge in [0.25, 0.3) is 0 Å². The number of hydrogen-bond donors (Lipinski definition) is 1. The van der Waals surface area contributed by atoms with Crippen molar-refractivity contribution >= 4 is 29.2 Å². The normalized spacial score (nSPS) is 17.4. The van der Waals surface area contributed by atoms with Crippen molar-refractivity contribution in [2.24, 2.45) is 11.8 Å². The maximum Gasteiger partial charge on any atom is 0.410 e. The van der Waals surface area contributed by atoms with Gasteiger partial charge in [-0.1, -0.05) is 273 Å². The van der Waals surface area contributed by atoms with E-state index < -0.39 is 0 Å². The Morgan fingerprint density at radius 3 is 1.23 bits per heavy atom. The summed E-state index contributed by atoms with van der Waals surface area (Å²) in [5.74, 6) is 2.25. The number of ketones is 4. The Morgan fingerprint density at radius 1 is 0.392 bits per heavy atom. The van der Waals surface area contributed by atoms with Crippen molar-refractivity contribution < 1.29 is 33.4 Å². The van der Waals surface area contributed by atoms with Crippen LogP contribution < -0.4 is 5.32 Å². The van der Waals surface area contributed by atoms with Crippen LogP contribution in [0.1, 0.15) is 366 Å². The summed E-state index contributed by atoms with van der Waals surface area (Å²) in [5, 5.41) is 3.28. The number of nitrogens with one attached hydrogen (secondary N) is 1. The number of piperidine rings is 2. The molecule has 0 aliphatic carbocycles. The highest BCUT2D eigenvalue weighted by Crippen LogP contribution is 2.31. The highest BCUT2D eigenvalue weighted by molar-refractivity contribution is 5.85. The summed E-state index contributed by atoms with van der Waals surface area (Å²) >= 11 is 0. The van der Waals surface area contributed by atoms with Crippen molar-refractivity contribution in [2.75, 3.05) is 92.3 Å². The van der Waals surface area contributed by atoms with E-state index in [1.54, 1.807) is 12.0 Å². The van der Waals surface area contributed by atoms with E-state index in [0.717, 1.165) is 112 Å². The van der Waals surface area contributed by atoms with E-state index in [1.807, 2.05) is 125 Å². The number of carbonyl (C=O) groups is 5. The summed E-state index contributed by atoms with van der Waals surface area (Å²) in [4.78, 5) is 109. The molecule has 2 unspecified atom stereocenters. The number of rotatable bonds is 28. The molecule has 0 bridgehead atoms. The SMILES string of the molecule is CC(C)(C)c1ccc(CC(=O)CN2CCCC2)nc1.CC(C)(C)c1ccnc(CN2CCCCC2)c1.CC(C)(C)c1cncc(CN2CCCCC2)c1.CC(C)C(=O)Cc1ccc(C(C)(C)C)cn1.CC(NCc1ccccc1)C(=O)Cc1ccc(C(C)(C)C)cn1.CCC1COC(=O)N1Cc1ccc(C(C)C)cn1.CO[C@H]1CCN(Cc2ccc(C(C)(C)C)cn2)C1.C[C@H]1CCN(CC(=O)Cc2ccc(C(C)(C)C)cn2)C1. The average molecular weight is 2030 g/mol. The third-order valence-electron chi connectivity index (χ3n) is 28.4. The Hall–Kier alpha value is -9.91. The number of pyridine rings is 8. The van der Waals surface area contributed by atoms with Crippen LogP contribution in [0.2, 0.25) is 0 Å². The monoisotopic (exact) mass is 2020 g/mol. The lowest BCUT2D eigenvalue weighted by molar-refractivity contribution is -0.121. The van der Waals surface area contributed by atoms with Crippen molar-refractivity contribution in [3.8, 4) is 0 Å². The zero-order valence-corrected chi connectivity index (χ0v) is 96.7. The molecule has 1 aromatic carbocycles. The standard InChI is InChI=1S/C20H26N2O.C17H26N2O.C16H24N2O.C15H24N2O.2C15H24N2.C14H20N2O2.C14H21NO/c1-15(21-13-16-8-6-5-7-9-16)19(23)12-18-11-10-17(14-22-18)20(2,3)4;1-13-7-8-19(11-13)12-16(20)9-15-6-5-14(10-18-15)17(2,3)4;1-16(2,3)13-6-7-14(17-11-13)10-15(19)12-18-8-4-5-9-18;1-15(2,3)12-5-6-13(16-9-12)10-17-8-7-14(11-17)18-4;1-15(2,3)13-7-8-16-14(11-13)12-17-9-5-4-6-10-17;1-15(2,3)14-9-13(10-16-11-14)12-17-7-5-4-6-8-17;1-4-13-9-18-14(17)16(13)8-12-6-5-11(7-15-12)10(2)3;1-10(2)13(16)8-12-7-6-11(9-15-12)14(3,4)5/h5-11,14-15,21H,12-13H2,1-4H3;5-6,10,13H,7-9,11-12H2,1-4H3;6-7,11H,4-5,8-10,12H2,1-3H3;5-6,9,14H,7-8,10-11H2,1-4H3;7-8,11H,4-6,9-10,12H2,1-3H3;9-11H,4-8,12H2,1-3H3;5-7,10,13H,4,8-9H2,1-3H3;6-7,9-10H,8H2,1-5H3/t;13-;;14-;;;;/m.0.0..../s1. The van der Waals surface area contributed by atoms with Gasteiger partial charge in [-0.2, -0.15) is 0 Å². The van der Waals surface area contributed by atoms with E-state index in [1.165, 1.54) is 145 Å². The molecule has 1 N–H and O–H groups in total. The largest absolute Gasteiger partial charge is 0.447 e. The van der Waals surface area contributed by atoms with E-state index in [2.05, 4.69) is 316 Å². The van der Waals surface area contributed by atoms with Crippen LogP contribution in [0.5, 0.6) is 0 Å². The molecular formula is C126H189N15O7. The van der Waals surface area contributed by atoms with Gasteiger partial charge >= 0.3 is 6.09 Å². The Labute approximate surface area is 893 Å². The van der Waals surface area contributed by atoms with Gasteiger partial charge in [-0.15, -0.1) is 0 Å². The Bertz CT molecular complexity index is 5320. The second-order valence-corrected chi connectivity index (χ2v) is 49.7. The Morgan fingerprint density at radius 2 is 0.811 bits per heavy atom. The number of benzene rings is 1. The summed E-state index contributed by atoms with van der Waals surface area (Å²) in [6.45, 7) is 77.7. The van der Waals surface area contributed by atoms with Crippen LogP contribution in [-0.2, 0) is 125 Å². The lowest BCUT2D eigenvalue weighted by Gasteiger charge is -2.27. The van der Waals surface area contributed by atoms with Gasteiger partial charge in [0.05, 0.1) is 74.2 Å². The van der Waals surface area contributed by atoms with Crippen LogP contribution in [0.3, 0.4) is 0 Å². The van der Waals surface area contributed by atoms with Crippen LogP contribution in [-0.4, -0.2) is 209 Å². The molecule has 22 heteroatoms. The summed E-state index contributed by atoms with van der Waals surface area (Å²) in [6, 6.07) is 41.5. The topological polar surface area (TPSA) is 238 Å². The number of ether oxygens (including phenoxy) is 2. The van der Waals surface area contributed by atoms with Crippen LogP contribution in [0.4, 0.5) is 4.79 Å². The number of aromatic nitrogens is 8. The first kappa shape index (κ1) is 123. The number of Topliss-reactive ketones (excluding diaryl/α,β-unsaturated/α-hetero) is 4. The lowest BCUT2D eigenvalue weighted by Crippen LogP contribution is -2.34. The third-order valence-corrected chi connectivity index (χ3v) is 28.4. The second-order valence-electron chi connectivity index (χ2n) is 49.7. The predicted molar refractivity (Wildman–Crippen MR) is 607 cm³/mol. The van der Waals surface area contributed by atoms with Crippen molar-refractivity contribution in [2.45, 2.75) is 385 Å². The minimum absolute atomic E-state index is 0.0834.